The second-order valence-corrected chi connectivity index (χ2v) is 6.40. The number of hydrogen-bond donors (Lipinski definition) is 1. The van der Waals surface area contributed by atoms with E-state index in [0.717, 1.165) is 17.8 Å². The van der Waals surface area contributed by atoms with Crippen molar-refractivity contribution in [3.05, 3.63) is 46.2 Å². The molecule has 3 heterocycles. The number of aryl methyl sites for hydroxylation is 2. The Labute approximate surface area is 128 Å². The van der Waals surface area contributed by atoms with Crippen molar-refractivity contribution in [2.45, 2.75) is 33.4 Å². The van der Waals surface area contributed by atoms with Crippen molar-refractivity contribution in [3.63, 3.8) is 0 Å². The van der Waals surface area contributed by atoms with E-state index in [-0.39, 0.29) is 6.04 Å². The highest BCUT2D eigenvalue weighted by molar-refractivity contribution is 7.17. The molecule has 21 heavy (non-hydrogen) atoms. The van der Waals surface area contributed by atoms with E-state index in [9.17, 15) is 0 Å². The van der Waals surface area contributed by atoms with Gasteiger partial charge in [-0.2, -0.15) is 5.10 Å². The highest BCUT2D eigenvalue weighted by Crippen LogP contribution is 2.23. The highest BCUT2D eigenvalue weighted by Gasteiger charge is 2.12. The molecule has 0 aromatic carbocycles. The average molecular weight is 300 g/mol. The largest absolute Gasteiger partial charge is 0.306 e. The molecule has 1 unspecified atom stereocenters. The van der Waals surface area contributed by atoms with Crippen molar-refractivity contribution in [2.24, 2.45) is 7.05 Å². The summed E-state index contributed by atoms with van der Waals surface area (Å²) in [5.41, 5.74) is 5.91. The Morgan fingerprint density at radius 3 is 2.90 bits per heavy atom. The molecule has 0 fully saturated rings. The Balaban J connectivity index is 1.75. The first kappa shape index (κ1) is 14.2. The lowest BCUT2D eigenvalue weighted by Crippen LogP contribution is -2.19. The molecule has 3 aromatic rings. The van der Waals surface area contributed by atoms with Crippen molar-refractivity contribution in [2.75, 3.05) is 0 Å². The van der Waals surface area contributed by atoms with Crippen molar-refractivity contribution >= 4 is 21.6 Å². The summed E-state index contributed by atoms with van der Waals surface area (Å²) in [6.07, 6.45) is 1.97. The van der Waals surface area contributed by atoms with Gasteiger partial charge in [0.25, 0.3) is 0 Å². The quantitative estimate of drug-likeness (QED) is 0.802. The Morgan fingerprint density at radius 2 is 2.19 bits per heavy atom. The van der Waals surface area contributed by atoms with Crippen molar-refractivity contribution < 1.29 is 0 Å². The monoisotopic (exact) mass is 300 g/mol. The molecule has 0 aliphatic rings. The zero-order chi connectivity index (χ0) is 15.0. The fraction of sp³-hybridized carbons (Fsp3) is 0.375. The van der Waals surface area contributed by atoms with Crippen LogP contribution < -0.4 is 5.32 Å². The van der Waals surface area contributed by atoms with Gasteiger partial charge in [0.05, 0.1) is 15.9 Å². The van der Waals surface area contributed by atoms with Gasteiger partial charge in [0.1, 0.15) is 0 Å². The van der Waals surface area contributed by atoms with Gasteiger partial charge in [-0.1, -0.05) is 0 Å². The maximum atomic E-state index is 4.51. The van der Waals surface area contributed by atoms with Crippen LogP contribution in [0.1, 0.15) is 35.5 Å². The number of rotatable bonds is 4. The summed E-state index contributed by atoms with van der Waals surface area (Å²) in [5.74, 6) is 0. The fourth-order valence-electron chi connectivity index (χ4n) is 2.54. The van der Waals surface area contributed by atoms with Crippen LogP contribution in [0.4, 0.5) is 0 Å². The SMILES string of the molecule is Cc1nn(C)c(C)c1CNC(C)c1cnc2ccsc2c1. The Morgan fingerprint density at radius 1 is 1.38 bits per heavy atom. The number of nitrogens with zero attached hydrogens (tertiary/aromatic N) is 3. The summed E-state index contributed by atoms with van der Waals surface area (Å²) in [6.45, 7) is 7.18. The third-order valence-corrected chi connectivity index (χ3v) is 4.92. The lowest BCUT2D eigenvalue weighted by Gasteiger charge is -2.14. The van der Waals surface area contributed by atoms with E-state index in [2.05, 4.69) is 53.7 Å². The van der Waals surface area contributed by atoms with Gasteiger partial charge in [-0.25, -0.2) is 0 Å². The van der Waals surface area contributed by atoms with Crippen LogP contribution in [-0.2, 0) is 13.6 Å². The summed E-state index contributed by atoms with van der Waals surface area (Å²) < 4.78 is 3.19. The van der Waals surface area contributed by atoms with Gasteiger partial charge >= 0.3 is 0 Å². The van der Waals surface area contributed by atoms with Crippen LogP contribution in [0.2, 0.25) is 0 Å². The molecule has 110 valence electrons. The average Bonchev–Trinajstić information content (AvgIpc) is 3.02. The smallest absolute Gasteiger partial charge is 0.0809 e. The minimum Gasteiger partial charge on any atom is -0.306 e. The molecule has 0 spiro atoms. The van der Waals surface area contributed by atoms with Crippen LogP contribution in [0.5, 0.6) is 0 Å². The van der Waals surface area contributed by atoms with Crippen LogP contribution >= 0.6 is 11.3 Å². The number of fused-ring (bicyclic) bond motifs is 1. The van der Waals surface area contributed by atoms with Gasteiger partial charge in [0, 0.05) is 37.1 Å². The molecule has 5 heteroatoms. The second kappa shape index (κ2) is 5.58. The molecule has 1 atom stereocenters. The van der Waals surface area contributed by atoms with E-state index in [1.807, 2.05) is 17.9 Å². The maximum absolute atomic E-state index is 4.51. The van der Waals surface area contributed by atoms with Gasteiger partial charge in [-0.05, 0) is 43.8 Å². The van der Waals surface area contributed by atoms with Crippen molar-refractivity contribution in [3.8, 4) is 0 Å². The number of thiophene rings is 1. The molecule has 3 aromatic heterocycles. The van der Waals surface area contributed by atoms with Crippen LogP contribution in [0.25, 0.3) is 10.2 Å². The minimum atomic E-state index is 0.267. The number of pyridine rings is 1. The standard InChI is InChI=1S/C16H20N4S/c1-10(13-7-16-15(18-8-13)5-6-21-16)17-9-14-11(2)19-20(4)12(14)3/h5-8,10,17H,9H2,1-4H3. The molecule has 0 saturated heterocycles. The summed E-state index contributed by atoms with van der Waals surface area (Å²) in [6, 6.07) is 4.56. The van der Waals surface area contributed by atoms with E-state index in [0.29, 0.717) is 0 Å². The molecule has 3 rings (SSSR count). The highest BCUT2D eigenvalue weighted by atomic mass is 32.1. The second-order valence-electron chi connectivity index (χ2n) is 5.45. The fourth-order valence-corrected chi connectivity index (χ4v) is 3.33. The van der Waals surface area contributed by atoms with Gasteiger partial charge in [0.15, 0.2) is 0 Å². The first-order valence-corrected chi connectivity index (χ1v) is 8.00. The van der Waals surface area contributed by atoms with Gasteiger partial charge in [-0.3, -0.25) is 9.67 Å². The third-order valence-electron chi connectivity index (χ3n) is 4.07. The molecule has 0 bridgehead atoms. The third kappa shape index (κ3) is 2.71. The molecule has 0 radical (unpaired) electrons. The van der Waals surface area contributed by atoms with Crippen LogP contribution in [-0.4, -0.2) is 14.8 Å². The van der Waals surface area contributed by atoms with Crippen molar-refractivity contribution in [1.82, 2.24) is 20.1 Å². The zero-order valence-electron chi connectivity index (χ0n) is 12.8. The zero-order valence-corrected chi connectivity index (χ0v) is 13.7. The Hall–Kier alpha value is -1.72. The Kier molecular flexibility index (Phi) is 3.78. The van der Waals surface area contributed by atoms with Crippen molar-refractivity contribution in [1.29, 1.82) is 0 Å². The van der Waals surface area contributed by atoms with Gasteiger partial charge < -0.3 is 5.32 Å². The first-order valence-electron chi connectivity index (χ1n) is 7.12. The minimum absolute atomic E-state index is 0.267. The van der Waals surface area contributed by atoms with Gasteiger partial charge in [0.2, 0.25) is 0 Å². The predicted octanol–water partition coefficient (Wildman–Crippen LogP) is 3.50. The normalized spacial score (nSPS) is 13.0. The molecule has 0 amide bonds. The van der Waals surface area contributed by atoms with Crippen LogP contribution in [0.15, 0.2) is 23.7 Å². The lowest BCUT2D eigenvalue weighted by molar-refractivity contribution is 0.571. The summed E-state index contributed by atoms with van der Waals surface area (Å²) in [4.78, 5) is 4.51. The molecule has 4 nitrogen and oxygen atoms in total. The Bertz CT molecular complexity index is 772. The number of hydrogen-bond acceptors (Lipinski definition) is 4. The molecule has 0 saturated carbocycles. The number of nitrogens with one attached hydrogen (secondary N) is 1. The van der Waals surface area contributed by atoms with E-state index in [1.165, 1.54) is 21.5 Å². The molecule has 0 aliphatic heterocycles. The first-order chi connectivity index (χ1) is 10.1. The topological polar surface area (TPSA) is 42.7 Å². The molecule has 0 aliphatic carbocycles. The maximum Gasteiger partial charge on any atom is 0.0809 e. The summed E-state index contributed by atoms with van der Waals surface area (Å²) in [5, 5.41) is 10.1. The van der Waals surface area contributed by atoms with Crippen LogP contribution in [0, 0.1) is 13.8 Å². The lowest BCUT2D eigenvalue weighted by atomic mass is 10.1. The van der Waals surface area contributed by atoms with E-state index < -0.39 is 0 Å². The molecule has 1 N–H and O–H groups in total. The predicted molar refractivity (Wildman–Crippen MR) is 87.6 cm³/mol. The summed E-state index contributed by atoms with van der Waals surface area (Å²) >= 11 is 1.74. The van der Waals surface area contributed by atoms with E-state index in [4.69, 9.17) is 0 Å². The molecular formula is C16H20N4S. The van der Waals surface area contributed by atoms with E-state index >= 15 is 0 Å². The van der Waals surface area contributed by atoms with Crippen LogP contribution in [0.3, 0.4) is 0 Å². The van der Waals surface area contributed by atoms with Gasteiger partial charge in [-0.15, -0.1) is 11.3 Å². The molecular weight excluding hydrogens is 280 g/mol. The number of aromatic nitrogens is 3. The summed E-state index contributed by atoms with van der Waals surface area (Å²) in [7, 11) is 1.99. The van der Waals surface area contributed by atoms with E-state index in [1.54, 1.807) is 11.3 Å².